The monoisotopic (exact) mass is 254 g/mol. The van der Waals surface area contributed by atoms with E-state index in [-0.39, 0.29) is 17.8 Å². The first-order valence-electron chi connectivity index (χ1n) is 6.11. The van der Waals surface area contributed by atoms with Gasteiger partial charge in [0.15, 0.2) is 0 Å². The third-order valence-electron chi connectivity index (χ3n) is 3.46. The smallest absolute Gasteiger partial charge is 0.334 e. The maximum Gasteiger partial charge on any atom is 0.334 e. The lowest BCUT2D eigenvalue weighted by Crippen LogP contribution is -2.39. The van der Waals surface area contributed by atoms with E-state index in [2.05, 4.69) is 6.58 Å². The first-order valence-corrected chi connectivity index (χ1v) is 7.11. The van der Waals surface area contributed by atoms with Crippen LogP contribution in [0.2, 0.25) is 0 Å². The van der Waals surface area contributed by atoms with E-state index in [1.54, 1.807) is 6.08 Å². The Morgan fingerprint density at radius 1 is 1.53 bits per heavy atom. The number of carbonyl (C=O) groups is 1. The minimum atomic E-state index is -0.258. The summed E-state index contributed by atoms with van der Waals surface area (Å²) in [5, 5.41) is -0.171. The SMILES string of the molecule is C=CCOC(=O)C(C)=C(C)C1([SiH3])CCCCO1. The maximum absolute atomic E-state index is 11.8. The molecule has 0 radical (unpaired) electrons. The van der Waals surface area contributed by atoms with Crippen molar-refractivity contribution in [3.8, 4) is 0 Å². The largest absolute Gasteiger partial charge is 0.458 e. The topological polar surface area (TPSA) is 35.5 Å². The lowest BCUT2D eigenvalue weighted by molar-refractivity contribution is -0.138. The maximum atomic E-state index is 11.8. The molecule has 0 aromatic carbocycles. The van der Waals surface area contributed by atoms with Gasteiger partial charge in [0.2, 0.25) is 0 Å². The minimum absolute atomic E-state index is 0.171. The zero-order valence-electron chi connectivity index (χ0n) is 11.0. The summed E-state index contributed by atoms with van der Waals surface area (Å²) in [6, 6.07) is 0. The molecule has 1 fully saturated rings. The van der Waals surface area contributed by atoms with Crippen LogP contribution in [0, 0.1) is 0 Å². The van der Waals surface area contributed by atoms with E-state index in [0.29, 0.717) is 5.57 Å². The Morgan fingerprint density at radius 3 is 2.76 bits per heavy atom. The van der Waals surface area contributed by atoms with E-state index in [0.717, 1.165) is 35.3 Å². The van der Waals surface area contributed by atoms with Crippen LogP contribution >= 0.6 is 0 Å². The highest BCUT2D eigenvalue weighted by Crippen LogP contribution is 2.30. The van der Waals surface area contributed by atoms with Crippen molar-refractivity contribution in [2.45, 2.75) is 38.3 Å². The number of rotatable bonds is 4. The van der Waals surface area contributed by atoms with Crippen LogP contribution in [0.15, 0.2) is 23.8 Å². The molecule has 0 saturated carbocycles. The Hall–Kier alpha value is -0.873. The quantitative estimate of drug-likeness (QED) is 0.328. The fraction of sp³-hybridized carbons (Fsp3) is 0.615. The summed E-state index contributed by atoms with van der Waals surface area (Å²) in [5.74, 6) is -0.258. The van der Waals surface area contributed by atoms with E-state index in [1.807, 2.05) is 13.8 Å². The highest BCUT2D eigenvalue weighted by atomic mass is 28.1. The number of ether oxygens (including phenoxy) is 2. The van der Waals surface area contributed by atoms with Crippen molar-refractivity contribution in [1.82, 2.24) is 0 Å². The van der Waals surface area contributed by atoms with Crippen LogP contribution in [0.25, 0.3) is 0 Å². The van der Waals surface area contributed by atoms with E-state index in [1.165, 1.54) is 6.42 Å². The van der Waals surface area contributed by atoms with Crippen molar-refractivity contribution in [3.63, 3.8) is 0 Å². The van der Waals surface area contributed by atoms with E-state index in [9.17, 15) is 4.79 Å². The molecule has 0 N–H and O–H groups in total. The van der Waals surface area contributed by atoms with Gasteiger partial charge in [-0.1, -0.05) is 12.7 Å². The first kappa shape index (κ1) is 14.2. The molecular weight excluding hydrogens is 232 g/mol. The first-order chi connectivity index (χ1) is 8.01. The van der Waals surface area contributed by atoms with Gasteiger partial charge in [-0.05, 0) is 38.7 Å². The zero-order chi connectivity index (χ0) is 12.9. The molecule has 1 atom stereocenters. The predicted molar refractivity (Wildman–Crippen MR) is 72.0 cm³/mol. The third kappa shape index (κ3) is 3.54. The molecule has 0 aromatic heterocycles. The van der Waals surface area contributed by atoms with Crippen molar-refractivity contribution in [1.29, 1.82) is 0 Å². The van der Waals surface area contributed by atoms with Crippen LogP contribution in [-0.2, 0) is 14.3 Å². The highest BCUT2D eigenvalue weighted by molar-refractivity contribution is 6.17. The van der Waals surface area contributed by atoms with E-state index >= 15 is 0 Å². The molecule has 0 spiro atoms. The summed E-state index contributed by atoms with van der Waals surface area (Å²) >= 11 is 0. The van der Waals surface area contributed by atoms with Crippen molar-refractivity contribution >= 4 is 16.2 Å². The van der Waals surface area contributed by atoms with Crippen LogP contribution in [0.1, 0.15) is 33.1 Å². The van der Waals surface area contributed by atoms with Gasteiger partial charge in [-0.3, -0.25) is 0 Å². The van der Waals surface area contributed by atoms with Gasteiger partial charge >= 0.3 is 5.97 Å². The normalized spacial score (nSPS) is 26.2. The fourth-order valence-corrected chi connectivity index (χ4v) is 2.96. The molecule has 1 saturated heterocycles. The fourth-order valence-electron chi connectivity index (χ4n) is 2.02. The molecule has 1 aliphatic rings. The predicted octanol–water partition coefficient (Wildman–Crippen LogP) is 1.31. The average Bonchev–Trinajstić information content (AvgIpc) is 2.35. The van der Waals surface area contributed by atoms with Gasteiger partial charge in [0.1, 0.15) is 6.61 Å². The molecule has 4 heteroatoms. The molecular formula is C13H22O3Si. The van der Waals surface area contributed by atoms with Crippen LogP contribution < -0.4 is 0 Å². The number of carbonyl (C=O) groups excluding carboxylic acids is 1. The Labute approximate surface area is 106 Å². The lowest BCUT2D eigenvalue weighted by Gasteiger charge is -2.36. The standard InChI is InChI=1S/C13H22O3Si/c1-4-8-15-12(14)10(2)11(3)13(17)7-5-6-9-16-13/h4H,1,5-9H2,2-3,17H3. The molecule has 1 aliphatic heterocycles. The van der Waals surface area contributed by atoms with Gasteiger partial charge in [0.05, 0.1) is 5.22 Å². The molecule has 1 rings (SSSR count). The molecule has 1 heterocycles. The summed E-state index contributed by atoms with van der Waals surface area (Å²) < 4.78 is 10.9. The summed E-state index contributed by atoms with van der Waals surface area (Å²) in [5.41, 5.74) is 1.72. The Bertz CT molecular complexity index is 328. The van der Waals surface area contributed by atoms with Gasteiger partial charge in [-0.15, -0.1) is 0 Å². The van der Waals surface area contributed by atoms with Crippen LogP contribution in [0.3, 0.4) is 0 Å². The number of hydrogen-bond donors (Lipinski definition) is 0. The van der Waals surface area contributed by atoms with E-state index < -0.39 is 0 Å². The van der Waals surface area contributed by atoms with Gasteiger partial charge in [0.25, 0.3) is 0 Å². The summed E-state index contributed by atoms with van der Waals surface area (Å²) in [7, 11) is 0.904. The number of hydrogen-bond acceptors (Lipinski definition) is 3. The Kier molecular flexibility index (Phi) is 5.15. The van der Waals surface area contributed by atoms with Crippen molar-refractivity contribution in [2.75, 3.05) is 13.2 Å². The van der Waals surface area contributed by atoms with Crippen molar-refractivity contribution in [3.05, 3.63) is 23.8 Å². The molecule has 96 valence electrons. The van der Waals surface area contributed by atoms with Gasteiger partial charge in [-0.2, -0.15) is 0 Å². The van der Waals surface area contributed by atoms with Crippen molar-refractivity contribution in [2.24, 2.45) is 0 Å². The number of esters is 1. The lowest BCUT2D eigenvalue weighted by atomic mass is 9.97. The molecule has 3 nitrogen and oxygen atoms in total. The second kappa shape index (κ2) is 6.17. The molecule has 0 aliphatic carbocycles. The summed E-state index contributed by atoms with van der Waals surface area (Å²) in [6.07, 6.45) is 4.90. The van der Waals surface area contributed by atoms with Gasteiger partial charge < -0.3 is 9.47 Å². The minimum Gasteiger partial charge on any atom is -0.458 e. The van der Waals surface area contributed by atoms with Crippen LogP contribution in [-0.4, -0.2) is 34.6 Å². The third-order valence-corrected chi connectivity index (χ3v) is 5.00. The average molecular weight is 254 g/mol. The molecule has 0 aromatic rings. The molecule has 17 heavy (non-hydrogen) atoms. The zero-order valence-corrected chi connectivity index (χ0v) is 13.0. The molecule has 1 unspecified atom stereocenters. The second-order valence-electron chi connectivity index (χ2n) is 4.67. The van der Waals surface area contributed by atoms with Crippen molar-refractivity contribution < 1.29 is 14.3 Å². The van der Waals surface area contributed by atoms with Gasteiger partial charge in [-0.25, -0.2) is 4.79 Å². The molecule has 0 amide bonds. The van der Waals surface area contributed by atoms with E-state index in [4.69, 9.17) is 9.47 Å². The van der Waals surface area contributed by atoms with Crippen LogP contribution in [0.5, 0.6) is 0 Å². The Balaban J connectivity index is 2.79. The second-order valence-corrected chi connectivity index (χ2v) is 6.29. The van der Waals surface area contributed by atoms with Gasteiger partial charge in [0, 0.05) is 22.4 Å². The summed E-state index contributed by atoms with van der Waals surface area (Å²) in [6.45, 7) is 8.40. The molecule has 0 bridgehead atoms. The van der Waals surface area contributed by atoms with Crippen LogP contribution in [0.4, 0.5) is 0 Å². The highest BCUT2D eigenvalue weighted by Gasteiger charge is 2.31. The Morgan fingerprint density at radius 2 is 2.24 bits per heavy atom. The summed E-state index contributed by atoms with van der Waals surface area (Å²) in [4.78, 5) is 11.8.